The molecule has 1 aliphatic heterocycles. The van der Waals surface area contributed by atoms with Crippen LogP contribution in [0.3, 0.4) is 0 Å². The van der Waals surface area contributed by atoms with Gasteiger partial charge in [-0.3, -0.25) is 0 Å². The molecular formula is C12H23NO2. The van der Waals surface area contributed by atoms with Crippen LogP contribution in [0.25, 0.3) is 0 Å². The number of hydrogen-bond donors (Lipinski definition) is 2. The molecule has 1 saturated carbocycles. The largest absolute Gasteiger partial charge is 0.393 e. The third-order valence-electron chi connectivity index (χ3n) is 3.75. The average Bonchev–Trinajstić information content (AvgIpc) is 2.15. The van der Waals surface area contributed by atoms with Gasteiger partial charge in [0.1, 0.15) is 0 Å². The van der Waals surface area contributed by atoms with E-state index in [0.717, 1.165) is 26.0 Å². The summed E-state index contributed by atoms with van der Waals surface area (Å²) in [4.78, 5) is 0. The molecule has 15 heavy (non-hydrogen) atoms. The Balaban J connectivity index is 1.69. The molecule has 2 rings (SSSR count). The minimum Gasteiger partial charge on any atom is -0.393 e. The van der Waals surface area contributed by atoms with Crippen LogP contribution >= 0.6 is 0 Å². The minimum atomic E-state index is -0.185. The van der Waals surface area contributed by atoms with Crippen molar-refractivity contribution in [1.29, 1.82) is 0 Å². The van der Waals surface area contributed by atoms with Crippen molar-refractivity contribution in [2.24, 2.45) is 0 Å². The van der Waals surface area contributed by atoms with Crippen molar-refractivity contribution in [2.45, 2.75) is 63.2 Å². The molecule has 0 aromatic carbocycles. The van der Waals surface area contributed by atoms with E-state index in [1.807, 2.05) is 6.92 Å². The van der Waals surface area contributed by atoms with Crippen LogP contribution in [0.4, 0.5) is 0 Å². The molecule has 2 atom stereocenters. The van der Waals surface area contributed by atoms with Gasteiger partial charge < -0.3 is 15.2 Å². The highest BCUT2D eigenvalue weighted by atomic mass is 16.5. The summed E-state index contributed by atoms with van der Waals surface area (Å²) < 4.78 is 5.87. The van der Waals surface area contributed by atoms with Crippen LogP contribution in [0, 0.1) is 0 Å². The van der Waals surface area contributed by atoms with Gasteiger partial charge in [0.2, 0.25) is 0 Å². The minimum absolute atomic E-state index is 0.185. The second-order valence-electron chi connectivity index (χ2n) is 5.17. The van der Waals surface area contributed by atoms with Crippen LogP contribution in [0.5, 0.6) is 0 Å². The van der Waals surface area contributed by atoms with E-state index in [1.54, 1.807) is 0 Å². The molecule has 88 valence electrons. The predicted octanol–water partition coefficient (Wildman–Crippen LogP) is 1.45. The Morgan fingerprint density at radius 2 is 2.33 bits per heavy atom. The van der Waals surface area contributed by atoms with Crippen molar-refractivity contribution in [3.05, 3.63) is 0 Å². The summed E-state index contributed by atoms with van der Waals surface area (Å²) in [5.74, 6) is 0. The molecular weight excluding hydrogens is 190 g/mol. The van der Waals surface area contributed by atoms with E-state index < -0.39 is 0 Å². The molecule has 2 unspecified atom stereocenters. The highest BCUT2D eigenvalue weighted by molar-refractivity contribution is 4.95. The van der Waals surface area contributed by atoms with Crippen molar-refractivity contribution in [1.82, 2.24) is 5.32 Å². The molecule has 2 aliphatic rings. The maximum absolute atomic E-state index is 9.18. The van der Waals surface area contributed by atoms with Crippen LogP contribution in [0.2, 0.25) is 0 Å². The summed E-state index contributed by atoms with van der Waals surface area (Å²) in [6, 6.07) is 0.609. The lowest BCUT2D eigenvalue weighted by molar-refractivity contribution is -0.135. The smallest absolute Gasteiger partial charge is 0.0697 e. The first-order valence-corrected chi connectivity index (χ1v) is 6.26. The Kier molecular flexibility index (Phi) is 3.65. The van der Waals surface area contributed by atoms with Gasteiger partial charge in [-0.2, -0.15) is 0 Å². The first-order valence-electron chi connectivity index (χ1n) is 6.26. The lowest BCUT2D eigenvalue weighted by atomic mass is 9.74. The average molecular weight is 213 g/mol. The van der Waals surface area contributed by atoms with E-state index >= 15 is 0 Å². The summed E-state index contributed by atoms with van der Waals surface area (Å²) in [5.41, 5.74) is 0.237. The number of nitrogens with one attached hydrogen (secondary N) is 1. The molecule has 0 aromatic heterocycles. The van der Waals surface area contributed by atoms with E-state index in [4.69, 9.17) is 4.74 Å². The summed E-state index contributed by atoms with van der Waals surface area (Å²) in [7, 11) is 0. The van der Waals surface area contributed by atoms with E-state index in [9.17, 15) is 5.11 Å². The fourth-order valence-corrected chi connectivity index (χ4v) is 2.62. The Morgan fingerprint density at radius 3 is 2.93 bits per heavy atom. The third kappa shape index (κ3) is 2.92. The molecule has 1 heterocycles. The highest BCUT2D eigenvalue weighted by Crippen LogP contribution is 2.42. The number of hydrogen-bond acceptors (Lipinski definition) is 3. The van der Waals surface area contributed by atoms with Gasteiger partial charge in [0, 0.05) is 12.6 Å². The predicted molar refractivity (Wildman–Crippen MR) is 59.9 cm³/mol. The fraction of sp³-hybridized carbons (Fsp3) is 1.00. The van der Waals surface area contributed by atoms with Crippen molar-refractivity contribution >= 4 is 0 Å². The second kappa shape index (κ2) is 4.81. The van der Waals surface area contributed by atoms with E-state index in [2.05, 4.69) is 5.32 Å². The van der Waals surface area contributed by atoms with Crippen molar-refractivity contribution in [3.8, 4) is 0 Å². The van der Waals surface area contributed by atoms with Crippen LogP contribution in [-0.4, -0.2) is 36.0 Å². The zero-order valence-electron chi connectivity index (χ0n) is 9.67. The number of aliphatic hydroxyl groups is 1. The molecule has 0 aromatic rings. The molecule has 2 fully saturated rings. The van der Waals surface area contributed by atoms with Gasteiger partial charge in [-0.05, 0) is 52.0 Å². The Labute approximate surface area is 92.2 Å². The van der Waals surface area contributed by atoms with Crippen LogP contribution in [0.1, 0.15) is 45.4 Å². The van der Waals surface area contributed by atoms with Crippen molar-refractivity contribution < 1.29 is 9.84 Å². The van der Waals surface area contributed by atoms with Gasteiger partial charge in [0.05, 0.1) is 11.7 Å². The summed E-state index contributed by atoms with van der Waals surface area (Å²) >= 11 is 0. The van der Waals surface area contributed by atoms with Gasteiger partial charge in [0.25, 0.3) is 0 Å². The van der Waals surface area contributed by atoms with E-state index in [1.165, 1.54) is 25.7 Å². The fourth-order valence-electron chi connectivity index (χ4n) is 2.62. The zero-order valence-corrected chi connectivity index (χ0v) is 9.67. The molecule has 0 bridgehead atoms. The zero-order chi connectivity index (χ0) is 10.7. The Bertz CT molecular complexity index is 202. The molecule has 1 aliphatic carbocycles. The van der Waals surface area contributed by atoms with Gasteiger partial charge in [0.15, 0.2) is 0 Å². The molecule has 0 radical (unpaired) electrons. The molecule has 1 spiro atoms. The highest BCUT2D eigenvalue weighted by Gasteiger charge is 2.42. The normalized spacial score (nSPS) is 31.2. The first kappa shape index (κ1) is 11.4. The van der Waals surface area contributed by atoms with E-state index in [0.29, 0.717) is 6.04 Å². The monoisotopic (exact) mass is 213 g/mol. The molecule has 2 N–H and O–H groups in total. The maximum atomic E-state index is 9.18. The topological polar surface area (TPSA) is 41.5 Å². The van der Waals surface area contributed by atoms with Gasteiger partial charge >= 0.3 is 0 Å². The summed E-state index contributed by atoms with van der Waals surface area (Å²) in [5, 5.41) is 12.7. The third-order valence-corrected chi connectivity index (χ3v) is 3.75. The van der Waals surface area contributed by atoms with Gasteiger partial charge in [-0.15, -0.1) is 0 Å². The van der Waals surface area contributed by atoms with Crippen LogP contribution in [0.15, 0.2) is 0 Å². The maximum Gasteiger partial charge on any atom is 0.0697 e. The molecule has 3 nitrogen and oxygen atoms in total. The lowest BCUT2D eigenvalue weighted by Crippen LogP contribution is -2.51. The second-order valence-corrected chi connectivity index (χ2v) is 5.17. The number of ether oxygens (including phenoxy) is 1. The first-order chi connectivity index (χ1) is 7.20. The molecule has 1 saturated heterocycles. The quantitative estimate of drug-likeness (QED) is 0.742. The summed E-state index contributed by atoms with van der Waals surface area (Å²) in [6.07, 6.45) is 6.80. The number of aliphatic hydroxyl groups excluding tert-OH is 1. The van der Waals surface area contributed by atoms with E-state index in [-0.39, 0.29) is 11.7 Å². The van der Waals surface area contributed by atoms with Crippen molar-refractivity contribution in [2.75, 3.05) is 13.2 Å². The summed E-state index contributed by atoms with van der Waals surface area (Å²) in [6.45, 7) is 3.68. The SMILES string of the molecule is CC(O)CCNC1CCOC2(CCC2)C1. The standard InChI is InChI=1S/C12H23NO2/c1-10(14)3-7-13-11-4-8-15-12(9-11)5-2-6-12/h10-11,13-14H,2-9H2,1H3. The lowest BCUT2D eigenvalue weighted by Gasteiger charge is -2.47. The Hall–Kier alpha value is -0.120. The Morgan fingerprint density at radius 1 is 1.53 bits per heavy atom. The molecule has 3 heteroatoms. The van der Waals surface area contributed by atoms with Gasteiger partial charge in [-0.25, -0.2) is 0 Å². The number of rotatable bonds is 4. The van der Waals surface area contributed by atoms with Crippen molar-refractivity contribution in [3.63, 3.8) is 0 Å². The van der Waals surface area contributed by atoms with Crippen LogP contribution < -0.4 is 5.32 Å². The molecule has 0 amide bonds. The van der Waals surface area contributed by atoms with Gasteiger partial charge in [-0.1, -0.05) is 0 Å². The van der Waals surface area contributed by atoms with Crippen LogP contribution in [-0.2, 0) is 4.74 Å².